The third-order valence-corrected chi connectivity index (χ3v) is 4.26. The quantitative estimate of drug-likeness (QED) is 0.757. The van der Waals surface area contributed by atoms with E-state index in [0.717, 1.165) is 29.6 Å². The van der Waals surface area contributed by atoms with E-state index in [-0.39, 0.29) is 6.10 Å². The van der Waals surface area contributed by atoms with E-state index in [2.05, 4.69) is 32.8 Å². The number of aromatic nitrogens is 2. The van der Waals surface area contributed by atoms with Crippen molar-refractivity contribution in [3.05, 3.63) is 53.1 Å². The Labute approximate surface area is 127 Å². The minimum absolute atomic E-state index is 0.0447. The summed E-state index contributed by atoms with van der Waals surface area (Å²) in [6.45, 7) is 0.907. The fraction of sp³-hybridized carbons (Fsp3) is 0.250. The molecule has 0 aliphatic rings. The van der Waals surface area contributed by atoms with Gasteiger partial charge < -0.3 is 10.1 Å². The van der Waals surface area contributed by atoms with Crippen molar-refractivity contribution in [2.45, 2.75) is 12.5 Å². The van der Waals surface area contributed by atoms with E-state index in [1.54, 1.807) is 23.9 Å². The molecule has 2 heterocycles. The first-order chi connectivity index (χ1) is 10.4. The average Bonchev–Trinajstić information content (AvgIpc) is 3.06. The van der Waals surface area contributed by atoms with Crippen molar-refractivity contribution in [2.24, 2.45) is 0 Å². The van der Waals surface area contributed by atoms with E-state index in [1.807, 2.05) is 25.2 Å². The number of ether oxygens (including phenoxy) is 1. The maximum absolute atomic E-state index is 6.26. The summed E-state index contributed by atoms with van der Waals surface area (Å²) < 4.78 is 6.26. The van der Waals surface area contributed by atoms with Crippen LogP contribution in [-0.2, 0) is 0 Å². The van der Waals surface area contributed by atoms with Crippen LogP contribution >= 0.6 is 11.3 Å². The Morgan fingerprint density at radius 1 is 1.29 bits per heavy atom. The Morgan fingerprint density at radius 2 is 2.24 bits per heavy atom. The van der Waals surface area contributed by atoms with Crippen molar-refractivity contribution in [2.75, 3.05) is 13.6 Å². The van der Waals surface area contributed by atoms with Gasteiger partial charge in [0.15, 0.2) is 0 Å². The number of nitrogens with zero attached hydrogens (tertiary/aromatic N) is 2. The van der Waals surface area contributed by atoms with Crippen LogP contribution in [0.4, 0.5) is 0 Å². The summed E-state index contributed by atoms with van der Waals surface area (Å²) in [5.74, 6) is 0.836. The average molecular weight is 299 g/mol. The number of nitrogens with one attached hydrogen (secondary N) is 1. The summed E-state index contributed by atoms with van der Waals surface area (Å²) in [5.41, 5.74) is 0.904. The zero-order chi connectivity index (χ0) is 14.5. The van der Waals surface area contributed by atoms with Gasteiger partial charge in [-0.25, -0.2) is 9.97 Å². The van der Waals surface area contributed by atoms with Crippen molar-refractivity contribution in [1.29, 1.82) is 0 Å². The van der Waals surface area contributed by atoms with E-state index in [9.17, 15) is 0 Å². The SMILES string of the molecule is CNCCC(Oc1cccc2ncncc12)c1cccs1. The summed E-state index contributed by atoms with van der Waals surface area (Å²) in [5, 5.41) is 6.21. The number of benzene rings is 1. The molecule has 0 saturated carbocycles. The molecule has 0 spiro atoms. The van der Waals surface area contributed by atoms with Crippen LogP contribution in [0.25, 0.3) is 10.9 Å². The minimum Gasteiger partial charge on any atom is -0.484 e. The lowest BCUT2D eigenvalue weighted by Crippen LogP contribution is -2.15. The molecular formula is C16H17N3OS. The summed E-state index contributed by atoms with van der Waals surface area (Å²) in [4.78, 5) is 9.61. The Kier molecular flexibility index (Phi) is 4.43. The molecule has 0 fully saturated rings. The van der Waals surface area contributed by atoms with Crippen molar-refractivity contribution in [3.63, 3.8) is 0 Å². The number of thiophene rings is 1. The van der Waals surface area contributed by atoms with Crippen LogP contribution in [0.5, 0.6) is 5.75 Å². The molecule has 0 bridgehead atoms. The number of hydrogen-bond acceptors (Lipinski definition) is 5. The predicted octanol–water partition coefficient (Wildman–Crippen LogP) is 3.42. The molecule has 108 valence electrons. The fourth-order valence-corrected chi connectivity index (χ4v) is 3.03. The standard InChI is InChI=1S/C16H17N3OS/c1-17-8-7-15(16-6-3-9-21-16)20-14-5-2-4-13-12(14)10-18-11-19-13/h2-6,9-11,15,17H,7-8H2,1H3. The first-order valence-electron chi connectivity index (χ1n) is 6.92. The second-order valence-corrected chi connectivity index (χ2v) is 5.71. The third kappa shape index (κ3) is 3.20. The highest BCUT2D eigenvalue weighted by Gasteiger charge is 2.15. The van der Waals surface area contributed by atoms with Crippen LogP contribution in [0.1, 0.15) is 17.4 Å². The van der Waals surface area contributed by atoms with E-state index < -0.39 is 0 Å². The summed E-state index contributed by atoms with van der Waals surface area (Å²) in [6, 6.07) is 10.1. The topological polar surface area (TPSA) is 47.0 Å². The fourth-order valence-electron chi connectivity index (χ4n) is 2.24. The Hall–Kier alpha value is -1.98. The first-order valence-corrected chi connectivity index (χ1v) is 7.80. The van der Waals surface area contributed by atoms with Gasteiger partial charge in [0, 0.05) is 17.5 Å². The van der Waals surface area contributed by atoms with Gasteiger partial charge in [-0.15, -0.1) is 11.3 Å². The second-order valence-electron chi connectivity index (χ2n) is 4.73. The van der Waals surface area contributed by atoms with Crippen molar-refractivity contribution in [1.82, 2.24) is 15.3 Å². The van der Waals surface area contributed by atoms with E-state index in [0.29, 0.717) is 0 Å². The Morgan fingerprint density at radius 3 is 3.05 bits per heavy atom. The van der Waals surface area contributed by atoms with Gasteiger partial charge >= 0.3 is 0 Å². The highest BCUT2D eigenvalue weighted by Crippen LogP contribution is 2.31. The molecular weight excluding hydrogens is 282 g/mol. The van der Waals surface area contributed by atoms with Crippen LogP contribution in [0.3, 0.4) is 0 Å². The van der Waals surface area contributed by atoms with Gasteiger partial charge in [0.05, 0.1) is 10.9 Å². The molecule has 0 saturated heterocycles. The first kappa shape index (κ1) is 14.0. The molecule has 4 nitrogen and oxygen atoms in total. The van der Waals surface area contributed by atoms with E-state index >= 15 is 0 Å². The highest BCUT2D eigenvalue weighted by atomic mass is 32.1. The molecule has 3 aromatic rings. The van der Waals surface area contributed by atoms with Gasteiger partial charge in [-0.1, -0.05) is 12.1 Å². The van der Waals surface area contributed by atoms with Crippen LogP contribution in [0.15, 0.2) is 48.2 Å². The van der Waals surface area contributed by atoms with Gasteiger partial charge in [-0.05, 0) is 37.2 Å². The number of rotatable bonds is 6. The molecule has 1 aromatic carbocycles. The lowest BCUT2D eigenvalue weighted by Gasteiger charge is -2.19. The maximum atomic E-state index is 6.26. The van der Waals surface area contributed by atoms with Gasteiger partial charge in [0.1, 0.15) is 18.2 Å². The number of hydrogen-bond donors (Lipinski definition) is 1. The number of fused-ring (bicyclic) bond motifs is 1. The molecule has 1 unspecified atom stereocenters. The molecule has 0 radical (unpaired) electrons. The highest BCUT2D eigenvalue weighted by molar-refractivity contribution is 7.10. The van der Waals surface area contributed by atoms with Crippen molar-refractivity contribution >= 4 is 22.2 Å². The predicted molar refractivity (Wildman–Crippen MR) is 85.8 cm³/mol. The van der Waals surface area contributed by atoms with Gasteiger partial charge in [-0.2, -0.15) is 0 Å². The van der Waals surface area contributed by atoms with Crippen molar-refractivity contribution in [3.8, 4) is 5.75 Å². The second kappa shape index (κ2) is 6.65. The summed E-state index contributed by atoms with van der Waals surface area (Å²) in [6.07, 6.45) is 4.33. The largest absolute Gasteiger partial charge is 0.484 e. The van der Waals surface area contributed by atoms with Crippen LogP contribution in [0, 0.1) is 0 Å². The van der Waals surface area contributed by atoms with Gasteiger partial charge in [0.25, 0.3) is 0 Å². The molecule has 2 aromatic heterocycles. The molecule has 0 aliphatic carbocycles. The zero-order valence-electron chi connectivity index (χ0n) is 11.8. The smallest absolute Gasteiger partial charge is 0.134 e. The molecule has 1 atom stereocenters. The van der Waals surface area contributed by atoms with Crippen LogP contribution in [0.2, 0.25) is 0 Å². The molecule has 21 heavy (non-hydrogen) atoms. The minimum atomic E-state index is 0.0447. The Balaban J connectivity index is 1.90. The zero-order valence-corrected chi connectivity index (χ0v) is 12.6. The summed E-state index contributed by atoms with van der Waals surface area (Å²) in [7, 11) is 1.96. The normalized spacial score (nSPS) is 12.4. The molecule has 0 amide bonds. The molecule has 5 heteroatoms. The van der Waals surface area contributed by atoms with Crippen molar-refractivity contribution < 1.29 is 4.74 Å². The lowest BCUT2D eigenvalue weighted by atomic mass is 10.2. The van der Waals surface area contributed by atoms with Crippen LogP contribution < -0.4 is 10.1 Å². The maximum Gasteiger partial charge on any atom is 0.134 e. The van der Waals surface area contributed by atoms with E-state index in [1.165, 1.54) is 4.88 Å². The molecule has 3 rings (SSSR count). The monoisotopic (exact) mass is 299 g/mol. The van der Waals surface area contributed by atoms with Gasteiger partial charge in [-0.3, -0.25) is 0 Å². The molecule has 1 N–H and O–H groups in total. The Bertz CT molecular complexity index is 694. The third-order valence-electron chi connectivity index (χ3n) is 3.30. The summed E-state index contributed by atoms with van der Waals surface area (Å²) >= 11 is 1.72. The lowest BCUT2D eigenvalue weighted by molar-refractivity contribution is 0.201. The van der Waals surface area contributed by atoms with Gasteiger partial charge in [0.2, 0.25) is 0 Å². The van der Waals surface area contributed by atoms with E-state index in [4.69, 9.17) is 4.74 Å². The van der Waals surface area contributed by atoms with Crippen LogP contribution in [-0.4, -0.2) is 23.6 Å². The molecule has 0 aliphatic heterocycles.